The Morgan fingerprint density at radius 1 is 1.42 bits per heavy atom. The van der Waals surface area contributed by atoms with Crippen LogP contribution in [0.2, 0.25) is 0 Å². The summed E-state index contributed by atoms with van der Waals surface area (Å²) < 4.78 is 0. The van der Waals surface area contributed by atoms with Crippen molar-refractivity contribution < 1.29 is 4.92 Å². The van der Waals surface area contributed by atoms with Crippen molar-refractivity contribution in [3.05, 3.63) is 33.9 Å². The summed E-state index contributed by atoms with van der Waals surface area (Å²) in [5.41, 5.74) is 1.89. The molecule has 104 valence electrons. The van der Waals surface area contributed by atoms with Crippen molar-refractivity contribution in [1.29, 1.82) is 0 Å². The van der Waals surface area contributed by atoms with Gasteiger partial charge >= 0.3 is 0 Å². The molecule has 1 fully saturated rings. The summed E-state index contributed by atoms with van der Waals surface area (Å²) in [5.74, 6) is 0. The maximum Gasteiger partial charge on any atom is 0.292 e. The van der Waals surface area contributed by atoms with E-state index < -0.39 is 0 Å². The number of nitro groups is 1. The molecule has 0 radical (unpaired) electrons. The molecule has 0 spiro atoms. The van der Waals surface area contributed by atoms with Gasteiger partial charge in [-0.3, -0.25) is 10.1 Å². The van der Waals surface area contributed by atoms with Gasteiger partial charge in [0.2, 0.25) is 0 Å². The standard InChI is InChI=1S/C14H20N2O2S/c1-10-6-7-14(16(17)18)13(8-10)15-11-4-3-5-12(9-11)19-2/h6-8,11-12,15H,3-5,9H2,1-2H3. The summed E-state index contributed by atoms with van der Waals surface area (Å²) in [6.07, 6.45) is 6.79. The number of hydrogen-bond acceptors (Lipinski definition) is 4. The van der Waals surface area contributed by atoms with E-state index in [1.165, 1.54) is 12.8 Å². The highest BCUT2D eigenvalue weighted by molar-refractivity contribution is 7.99. The highest BCUT2D eigenvalue weighted by atomic mass is 32.2. The van der Waals surface area contributed by atoms with E-state index in [9.17, 15) is 10.1 Å². The van der Waals surface area contributed by atoms with E-state index in [2.05, 4.69) is 11.6 Å². The second kappa shape index (κ2) is 6.28. The third-order valence-corrected chi connectivity index (χ3v) is 4.76. The maximum absolute atomic E-state index is 11.1. The number of nitrogens with zero attached hydrogens (tertiary/aromatic N) is 1. The first kappa shape index (κ1) is 14.2. The van der Waals surface area contributed by atoms with Crippen molar-refractivity contribution in [3.8, 4) is 0 Å². The molecule has 2 unspecified atom stereocenters. The molecule has 0 heterocycles. The molecule has 1 saturated carbocycles. The van der Waals surface area contributed by atoms with Crippen molar-refractivity contribution in [1.82, 2.24) is 0 Å². The molecular formula is C14H20N2O2S. The number of nitro benzene ring substituents is 1. The molecular weight excluding hydrogens is 260 g/mol. The van der Waals surface area contributed by atoms with Crippen molar-refractivity contribution in [2.45, 2.75) is 43.9 Å². The fraction of sp³-hybridized carbons (Fsp3) is 0.571. The van der Waals surface area contributed by atoms with Crippen molar-refractivity contribution in [2.75, 3.05) is 11.6 Å². The van der Waals surface area contributed by atoms with E-state index in [4.69, 9.17) is 0 Å². The molecule has 0 aromatic heterocycles. The normalized spacial score (nSPS) is 23.1. The number of thioether (sulfide) groups is 1. The fourth-order valence-electron chi connectivity index (χ4n) is 2.63. The molecule has 1 aliphatic rings. The van der Waals surface area contributed by atoms with Crippen molar-refractivity contribution in [2.24, 2.45) is 0 Å². The predicted octanol–water partition coefficient (Wildman–Crippen LogP) is 3.99. The van der Waals surface area contributed by atoms with Gasteiger partial charge in [0.15, 0.2) is 0 Å². The lowest BCUT2D eigenvalue weighted by Gasteiger charge is -2.29. The summed E-state index contributed by atoms with van der Waals surface area (Å²) in [6.45, 7) is 1.96. The number of nitrogens with one attached hydrogen (secondary N) is 1. The van der Waals surface area contributed by atoms with Crippen LogP contribution in [0.4, 0.5) is 11.4 Å². The molecule has 0 aliphatic heterocycles. The van der Waals surface area contributed by atoms with E-state index in [-0.39, 0.29) is 10.6 Å². The van der Waals surface area contributed by atoms with E-state index in [0.717, 1.165) is 18.4 Å². The molecule has 0 saturated heterocycles. The van der Waals surface area contributed by atoms with Gasteiger partial charge in [0.25, 0.3) is 5.69 Å². The number of rotatable bonds is 4. The number of hydrogen-bond donors (Lipinski definition) is 1. The number of aryl methyl sites for hydroxylation is 1. The maximum atomic E-state index is 11.1. The van der Waals surface area contributed by atoms with Gasteiger partial charge < -0.3 is 5.32 Å². The zero-order chi connectivity index (χ0) is 13.8. The zero-order valence-corrected chi connectivity index (χ0v) is 12.2. The van der Waals surface area contributed by atoms with Crippen LogP contribution in [0.15, 0.2) is 18.2 Å². The molecule has 5 heteroatoms. The Kier molecular flexibility index (Phi) is 4.69. The average molecular weight is 280 g/mol. The van der Waals surface area contributed by atoms with Crippen LogP contribution in [0.5, 0.6) is 0 Å². The van der Waals surface area contributed by atoms with E-state index >= 15 is 0 Å². The van der Waals surface area contributed by atoms with Crippen LogP contribution >= 0.6 is 11.8 Å². The molecule has 2 atom stereocenters. The van der Waals surface area contributed by atoms with Gasteiger partial charge in [0.1, 0.15) is 5.69 Å². The Hall–Kier alpha value is -1.23. The summed E-state index contributed by atoms with van der Waals surface area (Å²) in [4.78, 5) is 10.7. The van der Waals surface area contributed by atoms with Crippen LogP contribution in [-0.4, -0.2) is 22.5 Å². The Labute approximate surface area is 118 Å². The molecule has 0 amide bonds. The van der Waals surface area contributed by atoms with Crippen LogP contribution in [0, 0.1) is 17.0 Å². The molecule has 2 rings (SSSR count). The van der Waals surface area contributed by atoms with Gasteiger partial charge in [-0.05, 0) is 44.1 Å². The predicted molar refractivity (Wildman–Crippen MR) is 81.0 cm³/mol. The van der Waals surface area contributed by atoms with Gasteiger partial charge in [-0.1, -0.05) is 12.5 Å². The van der Waals surface area contributed by atoms with Crippen LogP contribution in [0.25, 0.3) is 0 Å². The molecule has 1 aromatic rings. The van der Waals surface area contributed by atoms with E-state index in [1.54, 1.807) is 12.1 Å². The fourth-order valence-corrected chi connectivity index (χ4v) is 3.46. The molecule has 0 bridgehead atoms. The lowest BCUT2D eigenvalue weighted by Crippen LogP contribution is -2.28. The molecule has 4 nitrogen and oxygen atoms in total. The minimum Gasteiger partial charge on any atom is -0.377 e. The minimum absolute atomic E-state index is 0.178. The SMILES string of the molecule is CSC1CCCC(Nc2cc(C)ccc2[N+](=O)[O-])C1. The number of anilines is 1. The summed E-state index contributed by atoms with van der Waals surface area (Å²) in [5, 5.41) is 15.1. The van der Waals surface area contributed by atoms with Gasteiger partial charge in [-0.25, -0.2) is 0 Å². The lowest BCUT2D eigenvalue weighted by molar-refractivity contribution is -0.384. The largest absolute Gasteiger partial charge is 0.377 e. The summed E-state index contributed by atoms with van der Waals surface area (Å²) in [6, 6.07) is 5.61. The first-order valence-corrected chi connectivity index (χ1v) is 7.93. The quantitative estimate of drug-likeness (QED) is 0.669. The second-order valence-electron chi connectivity index (χ2n) is 5.14. The monoisotopic (exact) mass is 280 g/mol. The number of benzene rings is 1. The minimum atomic E-state index is -0.309. The highest BCUT2D eigenvalue weighted by Gasteiger charge is 2.23. The van der Waals surface area contributed by atoms with Gasteiger partial charge in [0, 0.05) is 17.4 Å². The second-order valence-corrected chi connectivity index (χ2v) is 6.28. The smallest absolute Gasteiger partial charge is 0.292 e. The van der Waals surface area contributed by atoms with Crippen molar-refractivity contribution >= 4 is 23.1 Å². The Morgan fingerprint density at radius 3 is 2.89 bits per heavy atom. The summed E-state index contributed by atoms with van der Waals surface area (Å²) >= 11 is 1.90. The van der Waals surface area contributed by atoms with Gasteiger partial charge in [-0.2, -0.15) is 11.8 Å². The zero-order valence-electron chi connectivity index (χ0n) is 11.4. The van der Waals surface area contributed by atoms with E-state index in [0.29, 0.717) is 17.0 Å². The van der Waals surface area contributed by atoms with Gasteiger partial charge in [0.05, 0.1) is 4.92 Å². The van der Waals surface area contributed by atoms with Crippen LogP contribution < -0.4 is 5.32 Å². The first-order chi connectivity index (χ1) is 9.10. The van der Waals surface area contributed by atoms with Gasteiger partial charge in [-0.15, -0.1) is 0 Å². The topological polar surface area (TPSA) is 55.2 Å². The van der Waals surface area contributed by atoms with Crippen LogP contribution in [-0.2, 0) is 0 Å². The van der Waals surface area contributed by atoms with Crippen molar-refractivity contribution in [3.63, 3.8) is 0 Å². The van der Waals surface area contributed by atoms with Crippen LogP contribution in [0.1, 0.15) is 31.2 Å². The summed E-state index contributed by atoms with van der Waals surface area (Å²) in [7, 11) is 0. The Bertz CT molecular complexity index is 465. The Morgan fingerprint density at radius 2 is 2.21 bits per heavy atom. The first-order valence-electron chi connectivity index (χ1n) is 6.64. The molecule has 1 aromatic carbocycles. The average Bonchev–Trinajstić information content (AvgIpc) is 2.38. The third-order valence-electron chi connectivity index (χ3n) is 3.67. The highest BCUT2D eigenvalue weighted by Crippen LogP contribution is 2.32. The lowest BCUT2D eigenvalue weighted by atomic mass is 9.94. The Balaban J connectivity index is 2.13. The molecule has 19 heavy (non-hydrogen) atoms. The van der Waals surface area contributed by atoms with Crippen LogP contribution in [0.3, 0.4) is 0 Å². The van der Waals surface area contributed by atoms with E-state index in [1.807, 2.05) is 24.8 Å². The molecule has 1 N–H and O–H groups in total. The third kappa shape index (κ3) is 3.62. The molecule has 1 aliphatic carbocycles.